The average molecular weight is 508 g/mol. The van der Waals surface area contributed by atoms with Crippen LogP contribution in [-0.4, -0.2) is 20.2 Å². The Bertz CT molecular complexity index is 1180. The van der Waals surface area contributed by atoms with Crippen molar-refractivity contribution >= 4 is 45.5 Å². The van der Waals surface area contributed by atoms with Crippen molar-refractivity contribution in [1.82, 2.24) is 20.2 Å². The van der Waals surface area contributed by atoms with Gasteiger partial charge in [-0.25, -0.2) is 4.98 Å². The maximum atomic E-state index is 13.7. The number of thiophene rings is 1. The molecule has 0 saturated carbocycles. The summed E-state index contributed by atoms with van der Waals surface area (Å²) < 4.78 is 14.6. The second-order valence-electron chi connectivity index (χ2n) is 5.45. The molecule has 0 amide bonds. The van der Waals surface area contributed by atoms with Gasteiger partial charge in [0.1, 0.15) is 12.4 Å². The Morgan fingerprint density at radius 1 is 1.22 bits per heavy atom. The third-order valence-electron chi connectivity index (χ3n) is 3.84. The smallest absolute Gasteiger partial charge is 0.213 e. The topological polar surface area (TPSA) is 78.2 Å². The van der Waals surface area contributed by atoms with Crippen LogP contribution in [0.2, 0.25) is 5.02 Å². The van der Waals surface area contributed by atoms with Gasteiger partial charge in [0.05, 0.1) is 15.3 Å². The second kappa shape index (κ2) is 7.34. The van der Waals surface area contributed by atoms with Crippen LogP contribution in [0.1, 0.15) is 5.56 Å². The molecule has 0 fully saturated rings. The van der Waals surface area contributed by atoms with E-state index in [0.29, 0.717) is 32.4 Å². The SMILES string of the molecule is N#Cc1c(-c2ccnc(F)c2)sc(-c2nnc[nH]2)c1-c1ccc(Cl)cc1I. The molecule has 0 bridgehead atoms. The van der Waals surface area contributed by atoms with Crippen molar-refractivity contribution in [2.75, 3.05) is 0 Å². The lowest BCUT2D eigenvalue weighted by Gasteiger charge is -2.07. The van der Waals surface area contributed by atoms with Gasteiger partial charge in [-0.3, -0.25) is 0 Å². The lowest BCUT2D eigenvalue weighted by molar-refractivity contribution is 0.584. The zero-order valence-electron chi connectivity index (χ0n) is 13.4. The average Bonchev–Trinajstić information content (AvgIpc) is 3.29. The summed E-state index contributed by atoms with van der Waals surface area (Å²) in [5.74, 6) is -0.0633. The highest BCUT2D eigenvalue weighted by Gasteiger charge is 2.25. The van der Waals surface area contributed by atoms with Gasteiger partial charge in [0.2, 0.25) is 5.95 Å². The first kappa shape index (κ1) is 18.0. The maximum Gasteiger partial charge on any atom is 0.213 e. The predicted molar refractivity (Wildman–Crippen MR) is 111 cm³/mol. The van der Waals surface area contributed by atoms with Gasteiger partial charge in [-0.1, -0.05) is 17.7 Å². The van der Waals surface area contributed by atoms with Crippen LogP contribution in [0.25, 0.3) is 32.3 Å². The number of nitrogens with zero attached hydrogens (tertiary/aromatic N) is 4. The number of aromatic amines is 1. The number of H-pyrrole nitrogens is 1. The van der Waals surface area contributed by atoms with Gasteiger partial charge in [0, 0.05) is 26.4 Å². The summed E-state index contributed by atoms with van der Waals surface area (Å²) in [4.78, 5) is 7.97. The van der Waals surface area contributed by atoms with E-state index in [1.807, 2.05) is 12.1 Å². The van der Waals surface area contributed by atoms with Crippen molar-refractivity contribution in [2.24, 2.45) is 0 Å². The summed E-state index contributed by atoms with van der Waals surface area (Å²) in [5.41, 5.74) is 2.59. The van der Waals surface area contributed by atoms with Crippen LogP contribution >= 0.6 is 45.5 Å². The second-order valence-corrected chi connectivity index (χ2v) is 8.07. The zero-order valence-corrected chi connectivity index (χ0v) is 17.1. The van der Waals surface area contributed by atoms with E-state index in [9.17, 15) is 9.65 Å². The number of hydrogen-bond acceptors (Lipinski definition) is 5. The molecule has 0 spiro atoms. The number of rotatable bonds is 3. The number of nitrogens with one attached hydrogen (secondary N) is 1. The third kappa shape index (κ3) is 3.34. The molecule has 4 aromatic rings. The van der Waals surface area contributed by atoms with Crippen molar-refractivity contribution < 1.29 is 4.39 Å². The van der Waals surface area contributed by atoms with Crippen LogP contribution in [0.4, 0.5) is 4.39 Å². The summed E-state index contributed by atoms with van der Waals surface area (Å²) in [6.07, 6.45) is 2.86. The number of pyridine rings is 1. The molecule has 9 heteroatoms. The fourth-order valence-electron chi connectivity index (χ4n) is 2.72. The minimum atomic E-state index is -0.603. The summed E-state index contributed by atoms with van der Waals surface area (Å²) in [5, 5.41) is 18.5. The van der Waals surface area contributed by atoms with Crippen molar-refractivity contribution in [2.45, 2.75) is 0 Å². The molecule has 0 unspecified atom stereocenters. The van der Waals surface area contributed by atoms with Crippen LogP contribution in [0, 0.1) is 20.8 Å². The largest absolute Gasteiger partial charge is 0.327 e. The Labute approximate surface area is 176 Å². The zero-order chi connectivity index (χ0) is 19.0. The molecule has 0 radical (unpaired) electrons. The highest BCUT2D eigenvalue weighted by atomic mass is 127. The van der Waals surface area contributed by atoms with Crippen LogP contribution in [0.5, 0.6) is 0 Å². The molecule has 3 heterocycles. The number of aromatic nitrogens is 4. The van der Waals surface area contributed by atoms with Gasteiger partial charge in [-0.05, 0) is 51.9 Å². The standard InChI is InChI=1S/C18H8ClFIN5S/c19-10-1-2-11(13(21)6-10)15-12(7-22)16(9-3-4-23-14(20)5-9)27-17(15)18-24-8-25-26-18/h1-6,8H,(H,24,25,26). The van der Waals surface area contributed by atoms with Gasteiger partial charge in [0.25, 0.3) is 0 Å². The van der Waals surface area contributed by atoms with Gasteiger partial charge < -0.3 is 4.98 Å². The monoisotopic (exact) mass is 507 g/mol. The van der Waals surface area contributed by atoms with Crippen LogP contribution < -0.4 is 0 Å². The van der Waals surface area contributed by atoms with Crippen LogP contribution in [-0.2, 0) is 0 Å². The Hall–Kier alpha value is -2.35. The first-order valence-electron chi connectivity index (χ1n) is 7.59. The molecule has 27 heavy (non-hydrogen) atoms. The molecule has 0 aliphatic rings. The minimum absolute atomic E-state index is 0.442. The van der Waals surface area contributed by atoms with Crippen molar-refractivity contribution in [3.63, 3.8) is 0 Å². The molecule has 0 atom stereocenters. The molecule has 5 nitrogen and oxygen atoms in total. The summed E-state index contributed by atoms with van der Waals surface area (Å²) in [6, 6.07) is 10.7. The Balaban J connectivity index is 2.06. The fraction of sp³-hybridized carbons (Fsp3) is 0. The van der Waals surface area contributed by atoms with Gasteiger partial charge >= 0.3 is 0 Å². The molecule has 1 N–H and O–H groups in total. The first-order chi connectivity index (χ1) is 13.1. The maximum absolute atomic E-state index is 13.7. The van der Waals surface area contributed by atoms with E-state index < -0.39 is 5.95 Å². The fourth-order valence-corrected chi connectivity index (χ4v) is 5.07. The highest BCUT2D eigenvalue weighted by Crippen LogP contribution is 2.47. The highest BCUT2D eigenvalue weighted by molar-refractivity contribution is 14.1. The van der Waals surface area contributed by atoms with Crippen molar-refractivity contribution in [3.8, 4) is 38.3 Å². The molecule has 4 rings (SSSR count). The molecular formula is C18H8ClFIN5S. The van der Waals surface area contributed by atoms with E-state index in [2.05, 4.69) is 48.8 Å². The van der Waals surface area contributed by atoms with Gasteiger partial charge in [0.15, 0.2) is 5.82 Å². The first-order valence-corrected chi connectivity index (χ1v) is 9.86. The molecule has 3 aromatic heterocycles. The number of hydrogen-bond donors (Lipinski definition) is 1. The molecule has 1 aromatic carbocycles. The van der Waals surface area contributed by atoms with E-state index in [0.717, 1.165) is 14.0 Å². The molecule has 132 valence electrons. The molecule has 0 aliphatic carbocycles. The predicted octanol–water partition coefficient (Wildman–Crippen LogP) is 5.53. The van der Waals surface area contributed by atoms with Crippen molar-refractivity contribution in [3.05, 3.63) is 63.0 Å². The normalized spacial score (nSPS) is 10.7. The summed E-state index contributed by atoms with van der Waals surface area (Å²) in [6.45, 7) is 0. The van der Waals surface area contributed by atoms with E-state index in [-0.39, 0.29) is 0 Å². The quantitative estimate of drug-likeness (QED) is 0.292. The van der Waals surface area contributed by atoms with Gasteiger partial charge in [-0.2, -0.15) is 9.65 Å². The summed E-state index contributed by atoms with van der Waals surface area (Å²) >= 11 is 9.62. The van der Waals surface area contributed by atoms with Crippen LogP contribution in [0.3, 0.4) is 0 Å². The van der Waals surface area contributed by atoms with E-state index >= 15 is 0 Å². The number of benzene rings is 1. The lowest BCUT2D eigenvalue weighted by atomic mass is 9.99. The summed E-state index contributed by atoms with van der Waals surface area (Å²) in [7, 11) is 0. The van der Waals surface area contributed by atoms with Gasteiger partial charge in [-0.15, -0.1) is 21.5 Å². The molecule has 0 saturated heterocycles. The Morgan fingerprint density at radius 3 is 2.74 bits per heavy atom. The minimum Gasteiger partial charge on any atom is -0.327 e. The Morgan fingerprint density at radius 2 is 2.07 bits per heavy atom. The lowest BCUT2D eigenvalue weighted by Crippen LogP contribution is -1.89. The van der Waals surface area contributed by atoms with E-state index in [4.69, 9.17) is 11.6 Å². The molecular weight excluding hydrogens is 500 g/mol. The molecule has 0 aliphatic heterocycles. The number of nitriles is 1. The van der Waals surface area contributed by atoms with Crippen molar-refractivity contribution in [1.29, 1.82) is 5.26 Å². The Kier molecular flexibility index (Phi) is 4.90. The third-order valence-corrected chi connectivity index (χ3v) is 6.21. The van der Waals surface area contributed by atoms with E-state index in [1.54, 1.807) is 12.1 Å². The number of halogens is 3. The van der Waals surface area contributed by atoms with Crippen LogP contribution in [0.15, 0.2) is 42.9 Å². The van der Waals surface area contributed by atoms with E-state index in [1.165, 1.54) is 29.9 Å².